The van der Waals surface area contributed by atoms with Gasteiger partial charge in [0.25, 0.3) is 0 Å². The Hall–Kier alpha value is -0.120. The van der Waals surface area contributed by atoms with Crippen LogP contribution in [0, 0.1) is 0 Å². The molecule has 1 N–H and O–H groups in total. The SMILES string of the molecule is CCCCCCCCCCCOC1COCCN1. The molecule has 3 nitrogen and oxygen atoms in total. The van der Waals surface area contributed by atoms with Gasteiger partial charge in [0.1, 0.15) is 6.23 Å². The molecule has 1 heterocycles. The van der Waals surface area contributed by atoms with E-state index in [1.165, 1.54) is 57.8 Å². The minimum Gasteiger partial charge on any atom is -0.376 e. The summed E-state index contributed by atoms with van der Waals surface area (Å²) in [6.07, 6.45) is 12.4. The second-order valence-corrected chi connectivity index (χ2v) is 5.22. The van der Waals surface area contributed by atoms with Crippen LogP contribution in [0.15, 0.2) is 0 Å². The van der Waals surface area contributed by atoms with Crippen LogP contribution in [-0.4, -0.2) is 32.6 Å². The molecule has 18 heavy (non-hydrogen) atoms. The van der Waals surface area contributed by atoms with Gasteiger partial charge in [0, 0.05) is 13.2 Å². The van der Waals surface area contributed by atoms with Crippen LogP contribution in [0.3, 0.4) is 0 Å². The van der Waals surface area contributed by atoms with E-state index in [0.717, 1.165) is 19.8 Å². The molecule has 0 amide bonds. The fourth-order valence-electron chi connectivity index (χ4n) is 2.29. The smallest absolute Gasteiger partial charge is 0.131 e. The van der Waals surface area contributed by atoms with Crippen molar-refractivity contribution in [3.63, 3.8) is 0 Å². The lowest BCUT2D eigenvalue weighted by Crippen LogP contribution is -2.43. The van der Waals surface area contributed by atoms with Crippen LogP contribution < -0.4 is 5.32 Å². The maximum absolute atomic E-state index is 5.71. The Morgan fingerprint density at radius 2 is 1.67 bits per heavy atom. The van der Waals surface area contributed by atoms with Gasteiger partial charge < -0.3 is 9.47 Å². The molecular formula is C15H31NO2. The van der Waals surface area contributed by atoms with Crippen molar-refractivity contribution in [2.45, 2.75) is 70.9 Å². The molecule has 0 aliphatic carbocycles. The molecule has 0 aromatic carbocycles. The molecule has 0 aromatic heterocycles. The van der Waals surface area contributed by atoms with Crippen molar-refractivity contribution in [3.8, 4) is 0 Å². The number of unbranched alkanes of at least 4 members (excludes halogenated alkanes) is 8. The fourth-order valence-corrected chi connectivity index (χ4v) is 2.29. The zero-order valence-electron chi connectivity index (χ0n) is 12.1. The number of morpholine rings is 1. The van der Waals surface area contributed by atoms with E-state index in [2.05, 4.69) is 12.2 Å². The third kappa shape index (κ3) is 8.90. The highest BCUT2D eigenvalue weighted by Crippen LogP contribution is 2.09. The van der Waals surface area contributed by atoms with E-state index >= 15 is 0 Å². The summed E-state index contributed by atoms with van der Waals surface area (Å²) in [5, 5.41) is 3.30. The van der Waals surface area contributed by atoms with E-state index in [0.29, 0.717) is 6.61 Å². The van der Waals surface area contributed by atoms with Gasteiger partial charge in [-0.05, 0) is 6.42 Å². The van der Waals surface area contributed by atoms with E-state index in [1.807, 2.05) is 0 Å². The molecule has 3 heteroatoms. The third-order valence-corrected chi connectivity index (χ3v) is 3.45. The van der Waals surface area contributed by atoms with Gasteiger partial charge in [-0.1, -0.05) is 58.3 Å². The molecule has 0 spiro atoms. The Bertz CT molecular complexity index is 170. The number of nitrogens with one attached hydrogen (secondary N) is 1. The van der Waals surface area contributed by atoms with Crippen LogP contribution in [0.25, 0.3) is 0 Å². The molecule has 1 unspecified atom stereocenters. The van der Waals surface area contributed by atoms with Crippen molar-refractivity contribution in [3.05, 3.63) is 0 Å². The van der Waals surface area contributed by atoms with Gasteiger partial charge >= 0.3 is 0 Å². The Morgan fingerprint density at radius 1 is 1.00 bits per heavy atom. The second-order valence-electron chi connectivity index (χ2n) is 5.22. The van der Waals surface area contributed by atoms with Crippen molar-refractivity contribution in [1.82, 2.24) is 5.32 Å². The van der Waals surface area contributed by atoms with E-state index in [4.69, 9.17) is 9.47 Å². The van der Waals surface area contributed by atoms with Crippen LogP contribution in [0.2, 0.25) is 0 Å². The maximum Gasteiger partial charge on any atom is 0.131 e. The lowest BCUT2D eigenvalue weighted by Gasteiger charge is -2.23. The predicted octanol–water partition coefficient (Wildman–Crippen LogP) is 3.48. The van der Waals surface area contributed by atoms with Crippen molar-refractivity contribution < 1.29 is 9.47 Å². The molecule has 1 fully saturated rings. The van der Waals surface area contributed by atoms with Gasteiger partial charge in [-0.25, -0.2) is 0 Å². The zero-order valence-corrected chi connectivity index (χ0v) is 12.1. The lowest BCUT2D eigenvalue weighted by molar-refractivity contribution is -0.0618. The average Bonchev–Trinajstić information content (AvgIpc) is 2.42. The molecule has 1 saturated heterocycles. The highest BCUT2D eigenvalue weighted by atomic mass is 16.5. The second kappa shape index (κ2) is 11.9. The number of hydrogen-bond acceptors (Lipinski definition) is 3. The van der Waals surface area contributed by atoms with Gasteiger partial charge in [0.05, 0.1) is 13.2 Å². The van der Waals surface area contributed by atoms with Crippen molar-refractivity contribution in [1.29, 1.82) is 0 Å². The van der Waals surface area contributed by atoms with Gasteiger partial charge in [-0.3, -0.25) is 5.32 Å². The quantitative estimate of drug-likeness (QED) is 0.575. The Morgan fingerprint density at radius 3 is 2.28 bits per heavy atom. The Labute approximate surface area is 113 Å². The minimum atomic E-state index is 0.132. The molecule has 0 radical (unpaired) electrons. The van der Waals surface area contributed by atoms with Gasteiger partial charge in [-0.2, -0.15) is 0 Å². The Kier molecular flexibility index (Phi) is 10.6. The maximum atomic E-state index is 5.71. The molecule has 0 bridgehead atoms. The summed E-state index contributed by atoms with van der Waals surface area (Å²) in [6.45, 7) is 5.58. The van der Waals surface area contributed by atoms with Crippen LogP contribution in [0.1, 0.15) is 64.7 Å². The summed E-state index contributed by atoms with van der Waals surface area (Å²) in [5.74, 6) is 0. The first-order valence-electron chi connectivity index (χ1n) is 7.86. The standard InChI is InChI=1S/C15H31NO2/c1-2-3-4-5-6-7-8-9-10-12-18-15-14-17-13-11-16-15/h15-16H,2-14H2,1H3. The normalized spacial score (nSPS) is 20.2. The lowest BCUT2D eigenvalue weighted by atomic mass is 10.1. The monoisotopic (exact) mass is 257 g/mol. The van der Waals surface area contributed by atoms with E-state index < -0.39 is 0 Å². The zero-order chi connectivity index (χ0) is 12.9. The predicted molar refractivity (Wildman–Crippen MR) is 75.8 cm³/mol. The summed E-state index contributed by atoms with van der Waals surface area (Å²) in [5.41, 5.74) is 0. The molecule has 1 aliphatic rings. The van der Waals surface area contributed by atoms with E-state index in [9.17, 15) is 0 Å². The van der Waals surface area contributed by atoms with E-state index in [-0.39, 0.29) is 6.23 Å². The largest absolute Gasteiger partial charge is 0.376 e. The number of hydrogen-bond donors (Lipinski definition) is 1. The first-order valence-corrected chi connectivity index (χ1v) is 7.86. The van der Waals surface area contributed by atoms with Crippen LogP contribution >= 0.6 is 0 Å². The summed E-state index contributed by atoms with van der Waals surface area (Å²) in [7, 11) is 0. The highest BCUT2D eigenvalue weighted by Gasteiger charge is 2.11. The van der Waals surface area contributed by atoms with Crippen LogP contribution in [0.5, 0.6) is 0 Å². The first-order chi connectivity index (χ1) is 8.93. The fraction of sp³-hybridized carbons (Fsp3) is 1.00. The summed E-state index contributed by atoms with van der Waals surface area (Å²) >= 11 is 0. The number of ether oxygens (including phenoxy) is 2. The third-order valence-electron chi connectivity index (χ3n) is 3.45. The molecule has 108 valence electrons. The molecule has 1 atom stereocenters. The summed E-state index contributed by atoms with van der Waals surface area (Å²) in [4.78, 5) is 0. The minimum absolute atomic E-state index is 0.132. The summed E-state index contributed by atoms with van der Waals surface area (Å²) < 4.78 is 11.0. The molecule has 1 aliphatic heterocycles. The molecule has 0 saturated carbocycles. The van der Waals surface area contributed by atoms with Crippen LogP contribution in [-0.2, 0) is 9.47 Å². The topological polar surface area (TPSA) is 30.5 Å². The van der Waals surface area contributed by atoms with E-state index in [1.54, 1.807) is 0 Å². The van der Waals surface area contributed by atoms with Crippen molar-refractivity contribution in [2.24, 2.45) is 0 Å². The Balaban J connectivity index is 1.73. The average molecular weight is 257 g/mol. The molecule has 1 rings (SSSR count). The van der Waals surface area contributed by atoms with Crippen LogP contribution in [0.4, 0.5) is 0 Å². The van der Waals surface area contributed by atoms with Gasteiger partial charge in [-0.15, -0.1) is 0 Å². The summed E-state index contributed by atoms with van der Waals surface area (Å²) in [6, 6.07) is 0. The molecular weight excluding hydrogens is 226 g/mol. The highest BCUT2D eigenvalue weighted by molar-refractivity contribution is 4.59. The van der Waals surface area contributed by atoms with Gasteiger partial charge in [0.15, 0.2) is 0 Å². The van der Waals surface area contributed by atoms with Crippen molar-refractivity contribution >= 4 is 0 Å². The number of rotatable bonds is 11. The van der Waals surface area contributed by atoms with Crippen molar-refractivity contribution in [2.75, 3.05) is 26.4 Å². The van der Waals surface area contributed by atoms with Gasteiger partial charge in [0.2, 0.25) is 0 Å². The molecule has 0 aromatic rings. The first kappa shape index (κ1) is 15.9.